The molecular formula is C19H30N4O. The number of nitrogens with one attached hydrogen (secondary N) is 1. The summed E-state index contributed by atoms with van der Waals surface area (Å²) >= 11 is 0. The van der Waals surface area contributed by atoms with Gasteiger partial charge in [0.15, 0.2) is 5.96 Å². The van der Waals surface area contributed by atoms with Crippen LogP contribution in [0, 0.1) is 11.8 Å². The lowest BCUT2D eigenvalue weighted by molar-refractivity contribution is 0.0958. The zero-order valence-electron chi connectivity index (χ0n) is 14.8. The van der Waals surface area contributed by atoms with Gasteiger partial charge in [0, 0.05) is 52.2 Å². The van der Waals surface area contributed by atoms with Crippen molar-refractivity contribution >= 4 is 5.96 Å². The predicted octanol–water partition coefficient (Wildman–Crippen LogP) is 2.20. The lowest BCUT2D eigenvalue weighted by Gasteiger charge is -2.41. The second-order valence-electron chi connectivity index (χ2n) is 7.57. The average molecular weight is 330 g/mol. The number of rotatable bonds is 4. The molecule has 3 atom stereocenters. The zero-order chi connectivity index (χ0) is 16.4. The summed E-state index contributed by atoms with van der Waals surface area (Å²) < 4.78 is 5.39. The van der Waals surface area contributed by atoms with Crippen molar-refractivity contribution in [3.63, 3.8) is 0 Å². The van der Waals surface area contributed by atoms with E-state index in [0.29, 0.717) is 0 Å². The van der Waals surface area contributed by atoms with Gasteiger partial charge < -0.3 is 14.6 Å². The Kier molecular flexibility index (Phi) is 4.79. The first-order valence-corrected chi connectivity index (χ1v) is 9.55. The maximum Gasteiger partial charge on any atom is 0.193 e. The first-order chi connectivity index (χ1) is 11.8. The van der Waals surface area contributed by atoms with E-state index in [-0.39, 0.29) is 0 Å². The van der Waals surface area contributed by atoms with Crippen LogP contribution in [0.2, 0.25) is 0 Å². The van der Waals surface area contributed by atoms with Gasteiger partial charge in [0.2, 0.25) is 0 Å². The van der Waals surface area contributed by atoms with Crippen molar-refractivity contribution in [3.8, 4) is 0 Å². The van der Waals surface area contributed by atoms with Gasteiger partial charge in [-0.25, -0.2) is 0 Å². The minimum Gasteiger partial charge on any atom is -0.469 e. The molecule has 2 aliphatic carbocycles. The van der Waals surface area contributed by atoms with Gasteiger partial charge in [0.25, 0.3) is 0 Å². The molecule has 0 radical (unpaired) electrons. The molecule has 5 heteroatoms. The van der Waals surface area contributed by atoms with Crippen LogP contribution in [0.15, 0.2) is 27.8 Å². The number of piperazine rings is 1. The molecule has 0 spiro atoms. The lowest BCUT2D eigenvalue weighted by atomic mass is 9.93. The van der Waals surface area contributed by atoms with Gasteiger partial charge in [-0.2, -0.15) is 0 Å². The molecule has 2 heterocycles. The maximum absolute atomic E-state index is 5.39. The summed E-state index contributed by atoms with van der Waals surface area (Å²) in [7, 11) is 1.89. The van der Waals surface area contributed by atoms with Crippen LogP contribution >= 0.6 is 0 Å². The van der Waals surface area contributed by atoms with Crippen molar-refractivity contribution in [2.24, 2.45) is 16.8 Å². The fourth-order valence-corrected chi connectivity index (χ4v) is 5.01. The quantitative estimate of drug-likeness (QED) is 0.679. The average Bonchev–Trinajstić information content (AvgIpc) is 3.37. The highest BCUT2D eigenvalue weighted by Gasteiger charge is 2.42. The van der Waals surface area contributed by atoms with Crippen LogP contribution in [0.4, 0.5) is 0 Å². The zero-order valence-corrected chi connectivity index (χ0v) is 14.8. The summed E-state index contributed by atoms with van der Waals surface area (Å²) in [4.78, 5) is 9.64. The van der Waals surface area contributed by atoms with Crippen LogP contribution in [0.5, 0.6) is 0 Å². The van der Waals surface area contributed by atoms with E-state index in [4.69, 9.17) is 4.42 Å². The third kappa shape index (κ3) is 3.32. The van der Waals surface area contributed by atoms with Crippen molar-refractivity contribution in [1.29, 1.82) is 0 Å². The monoisotopic (exact) mass is 330 g/mol. The largest absolute Gasteiger partial charge is 0.469 e. The molecule has 1 N–H and O–H groups in total. The van der Waals surface area contributed by atoms with Gasteiger partial charge >= 0.3 is 0 Å². The molecule has 0 amide bonds. The number of furan rings is 1. The van der Waals surface area contributed by atoms with Crippen molar-refractivity contribution in [2.45, 2.75) is 38.1 Å². The van der Waals surface area contributed by atoms with E-state index < -0.39 is 0 Å². The molecule has 1 aromatic rings. The molecule has 4 rings (SSSR count). The normalized spacial score (nSPS) is 31.0. The highest BCUT2D eigenvalue weighted by Crippen LogP contribution is 2.46. The summed E-state index contributed by atoms with van der Waals surface area (Å²) in [5, 5.41) is 3.49. The number of hydrogen-bond acceptors (Lipinski definition) is 3. The van der Waals surface area contributed by atoms with Crippen LogP contribution in [0.3, 0.4) is 0 Å². The Morgan fingerprint density at radius 2 is 2.12 bits per heavy atom. The molecule has 2 saturated carbocycles. The summed E-state index contributed by atoms with van der Waals surface area (Å²) in [6.07, 6.45) is 8.57. The minimum absolute atomic E-state index is 0.868. The second-order valence-corrected chi connectivity index (χ2v) is 7.57. The fourth-order valence-electron chi connectivity index (χ4n) is 5.01. The first kappa shape index (κ1) is 16.0. The minimum atomic E-state index is 0.868. The van der Waals surface area contributed by atoms with Crippen molar-refractivity contribution < 1.29 is 4.42 Å². The molecule has 5 nitrogen and oxygen atoms in total. The number of aliphatic imine (C=N–C) groups is 1. The number of nitrogens with zero attached hydrogens (tertiary/aromatic N) is 3. The third-order valence-corrected chi connectivity index (χ3v) is 6.23. The van der Waals surface area contributed by atoms with E-state index in [0.717, 1.165) is 55.7 Å². The van der Waals surface area contributed by atoms with Crippen molar-refractivity contribution in [3.05, 3.63) is 24.2 Å². The van der Waals surface area contributed by atoms with Crippen LogP contribution in [0.1, 0.15) is 31.4 Å². The lowest BCUT2D eigenvalue weighted by Crippen LogP contribution is -2.55. The van der Waals surface area contributed by atoms with Crippen LogP contribution in [0.25, 0.3) is 0 Å². The van der Waals surface area contributed by atoms with Gasteiger partial charge in [-0.3, -0.25) is 9.89 Å². The topological polar surface area (TPSA) is 44.0 Å². The van der Waals surface area contributed by atoms with Crippen LogP contribution in [-0.4, -0.2) is 61.6 Å². The second kappa shape index (κ2) is 7.18. The Labute approximate surface area is 145 Å². The van der Waals surface area contributed by atoms with Gasteiger partial charge in [-0.05, 0) is 43.2 Å². The van der Waals surface area contributed by atoms with E-state index in [9.17, 15) is 0 Å². The highest BCUT2D eigenvalue weighted by atomic mass is 16.3. The van der Waals surface area contributed by atoms with E-state index in [1.165, 1.54) is 38.8 Å². The first-order valence-electron chi connectivity index (χ1n) is 9.55. The molecule has 1 saturated heterocycles. The standard InChI is InChI=1S/C19H30N4O/c1-20-19(21-7-6-17-3-2-12-24-17)23-10-8-22(9-11-23)18-14-15-4-5-16(18)13-15/h2-3,12,15-16,18H,4-11,13-14H2,1H3,(H,20,21). The number of fused-ring (bicyclic) bond motifs is 2. The Morgan fingerprint density at radius 3 is 2.75 bits per heavy atom. The molecule has 132 valence electrons. The smallest absolute Gasteiger partial charge is 0.193 e. The van der Waals surface area contributed by atoms with Gasteiger partial charge in [-0.1, -0.05) is 6.42 Å². The summed E-state index contributed by atoms with van der Waals surface area (Å²) in [6, 6.07) is 4.84. The molecule has 3 fully saturated rings. The van der Waals surface area contributed by atoms with Crippen molar-refractivity contribution in [2.75, 3.05) is 39.8 Å². The molecule has 3 unspecified atom stereocenters. The Hall–Kier alpha value is -1.49. The Balaban J connectivity index is 1.23. The third-order valence-electron chi connectivity index (χ3n) is 6.23. The Bertz CT molecular complexity index is 548. The van der Waals surface area contributed by atoms with Gasteiger partial charge in [0.1, 0.15) is 5.76 Å². The van der Waals surface area contributed by atoms with E-state index in [1.807, 2.05) is 19.2 Å². The number of guanidine groups is 1. The van der Waals surface area contributed by atoms with E-state index in [2.05, 4.69) is 20.1 Å². The summed E-state index contributed by atoms with van der Waals surface area (Å²) in [6.45, 7) is 5.43. The fraction of sp³-hybridized carbons (Fsp3) is 0.737. The van der Waals surface area contributed by atoms with E-state index in [1.54, 1.807) is 6.26 Å². The van der Waals surface area contributed by atoms with Gasteiger partial charge in [-0.15, -0.1) is 0 Å². The SMILES string of the molecule is CN=C(NCCc1ccco1)N1CCN(C2CC3CCC2C3)CC1. The molecule has 1 aromatic heterocycles. The maximum atomic E-state index is 5.39. The molecule has 3 aliphatic rings. The van der Waals surface area contributed by atoms with E-state index >= 15 is 0 Å². The van der Waals surface area contributed by atoms with Crippen molar-refractivity contribution in [1.82, 2.24) is 15.1 Å². The van der Waals surface area contributed by atoms with Gasteiger partial charge in [0.05, 0.1) is 6.26 Å². The number of hydrogen-bond donors (Lipinski definition) is 1. The summed E-state index contributed by atoms with van der Waals surface area (Å²) in [5.74, 6) is 4.09. The molecule has 24 heavy (non-hydrogen) atoms. The Morgan fingerprint density at radius 1 is 1.25 bits per heavy atom. The van der Waals surface area contributed by atoms with Crippen LogP contribution in [-0.2, 0) is 6.42 Å². The highest BCUT2D eigenvalue weighted by molar-refractivity contribution is 5.80. The molecule has 0 aromatic carbocycles. The summed E-state index contributed by atoms with van der Waals surface area (Å²) in [5.41, 5.74) is 0. The molecule has 2 bridgehead atoms. The van der Waals surface area contributed by atoms with Crippen LogP contribution < -0.4 is 5.32 Å². The molecular weight excluding hydrogens is 300 g/mol. The predicted molar refractivity (Wildman–Crippen MR) is 96.2 cm³/mol. The molecule has 1 aliphatic heterocycles.